The summed E-state index contributed by atoms with van der Waals surface area (Å²) in [7, 11) is -3.89. The summed E-state index contributed by atoms with van der Waals surface area (Å²) in [6.45, 7) is 5.76. The lowest BCUT2D eigenvalue weighted by atomic mass is 10.1. The summed E-state index contributed by atoms with van der Waals surface area (Å²) >= 11 is 12.0. The lowest BCUT2D eigenvalue weighted by Gasteiger charge is -2.43. The number of aryl methyl sites for hydroxylation is 1. The summed E-state index contributed by atoms with van der Waals surface area (Å²) in [4.78, 5) is 25.7. The number of rotatable bonds is 6. The van der Waals surface area contributed by atoms with Crippen molar-refractivity contribution < 1.29 is 23.1 Å². The predicted octanol–water partition coefficient (Wildman–Crippen LogP) is 3.78. The van der Waals surface area contributed by atoms with Crippen LogP contribution in [0.3, 0.4) is 0 Å². The monoisotopic (exact) mass is 512 g/mol. The molecule has 0 saturated carbocycles. The van der Waals surface area contributed by atoms with Crippen LogP contribution in [0, 0.1) is 6.92 Å². The van der Waals surface area contributed by atoms with Crippen LogP contribution in [0.25, 0.3) is 0 Å². The second-order valence-electron chi connectivity index (χ2n) is 8.48. The summed E-state index contributed by atoms with van der Waals surface area (Å²) in [5.74, 6) is -1.15. The van der Waals surface area contributed by atoms with E-state index in [1.165, 1.54) is 10.4 Å². The maximum Gasteiger partial charge on any atom is 0.307 e. The number of piperazine rings is 1. The Hall–Kier alpha value is -2.13. The third-order valence-electron chi connectivity index (χ3n) is 5.57. The molecule has 1 unspecified atom stereocenters. The molecule has 0 aliphatic carbocycles. The molecular weight excluding hydrogens is 487 g/mol. The van der Waals surface area contributed by atoms with Crippen molar-refractivity contribution in [3.63, 3.8) is 0 Å². The van der Waals surface area contributed by atoms with Gasteiger partial charge in [-0.05, 0) is 61.7 Å². The molecule has 1 aliphatic heterocycles. The van der Waals surface area contributed by atoms with Crippen molar-refractivity contribution in [2.75, 3.05) is 13.1 Å². The number of carbonyl (C=O) groups excluding carboxylic acids is 1. The average molecular weight is 513 g/mol. The Kier molecular flexibility index (Phi) is 7.73. The van der Waals surface area contributed by atoms with Gasteiger partial charge in [0.1, 0.15) is 0 Å². The SMILES string of the molecule is Cc1cc(CC(=O)O)cc(S(=O)(=O)N2C(C)CN(C(=O)Cc3ccc(Cl)c(Cl)c3)C[C@@H]2C)c1. The molecule has 33 heavy (non-hydrogen) atoms. The first kappa shape index (κ1) is 25.5. The smallest absolute Gasteiger partial charge is 0.307 e. The molecule has 10 heteroatoms. The van der Waals surface area contributed by atoms with Crippen LogP contribution in [-0.4, -0.2) is 59.8 Å². The molecule has 7 nitrogen and oxygen atoms in total. The molecule has 2 aromatic carbocycles. The van der Waals surface area contributed by atoms with Crippen LogP contribution in [0.2, 0.25) is 10.0 Å². The summed E-state index contributed by atoms with van der Waals surface area (Å²) in [5.41, 5.74) is 1.83. The van der Waals surface area contributed by atoms with Crippen LogP contribution in [0.5, 0.6) is 0 Å². The normalized spacial score (nSPS) is 19.5. The molecule has 1 heterocycles. The minimum Gasteiger partial charge on any atom is -0.481 e. The maximum atomic E-state index is 13.5. The zero-order valence-corrected chi connectivity index (χ0v) is 20.9. The Morgan fingerprint density at radius 3 is 2.18 bits per heavy atom. The Labute approximate surface area is 204 Å². The van der Waals surface area contributed by atoms with Crippen LogP contribution in [0.4, 0.5) is 0 Å². The number of halogens is 2. The molecule has 2 atom stereocenters. The molecule has 3 rings (SSSR count). The molecule has 1 amide bonds. The molecule has 2 aromatic rings. The Morgan fingerprint density at radius 2 is 1.61 bits per heavy atom. The average Bonchev–Trinajstić information content (AvgIpc) is 2.69. The van der Waals surface area contributed by atoms with Crippen molar-refractivity contribution in [3.05, 3.63) is 63.1 Å². The largest absolute Gasteiger partial charge is 0.481 e. The van der Waals surface area contributed by atoms with E-state index >= 15 is 0 Å². The summed E-state index contributed by atoms with van der Waals surface area (Å²) < 4.78 is 28.4. The molecule has 178 valence electrons. The van der Waals surface area contributed by atoms with Gasteiger partial charge in [0.25, 0.3) is 0 Å². The molecule has 1 fully saturated rings. The van der Waals surface area contributed by atoms with Gasteiger partial charge in [-0.3, -0.25) is 9.59 Å². The highest BCUT2D eigenvalue weighted by Gasteiger charge is 2.39. The molecule has 0 spiro atoms. The summed E-state index contributed by atoms with van der Waals surface area (Å²) in [5, 5.41) is 9.88. The standard InChI is InChI=1S/C23H26Cl2N2O5S/c1-14-6-18(11-23(29)30)8-19(7-14)33(31,32)27-15(2)12-26(13-16(27)3)22(28)10-17-4-5-20(24)21(25)9-17/h4-9,15-16H,10-13H2,1-3H3,(H,29,30)/t15-,16?/m0/s1. The highest BCUT2D eigenvalue weighted by molar-refractivity contribution is 7.89. The van der Waals surface area contributed by atoms with E-state index in [0.29, 0.717) is 21.2 Å². The van der Waals surface area contributed by atoms with Gasteiger partial charge in [0.2, 0.25) is 15.9 Å². The fraction of sp³-hybridized carbons (Fsp3) is 0.391. The first-order chi connectivity index (χ1) is 15.4. The second-order valence-corrected chi connectivity index (χ2v) is 11.1. The van der Waals surface area contributed by atoms with Crippen molar-refractivity contribution >= 4 is 45.1 Å². The number of hydrogen-bond acceptors (Lipinski definition) is 4. The van der Waals surface area contributed by atoms with E-state index in [-0.39, 0.29) is 36.7 Å². The number of amides is 1. The third-order valence-corrected chi connectivity index (χ3v) is 8.42. The molecule has 0 bridgehead atoms. The number of carboxylic acids is 1. The molecule has 0 aromatic heterocycles. The van der Waals surface area contributed by atoms with Crippen molar-refractivity contribution in [2.24, 2.45) is 0 Å². The fourth-order valence-corrected chi connectivity index (χ4v) is 6.57. The first-order valence-electron chi connectivity index (χ1n) is 10.5. The number of sulfonamides is 1. The van der Waals surface area contributed by atoms with Gasteiger partial charge in [-0.15, -0.1) is 0 Å². The van der Waals surface area contributed by atoms with E-state index in [2.05, 4.69) is 0 Å². The van der Waals surface area contributed by atoms with E-state index in [4.69, 9.17) is 28.3 Å². The first-order valence-corrected chi connectivity index (χ1v) is 12.7. The number of carboxylic acid groups (broad SMARTS) is 1. The zero-order chi connectivity index (χ0) is 24.5. The Balaban J connectivity index is 1.79. The van der Waals surface area contributed by atoms with Crippen LogP contribution in [-0.2, 0) is 32.5 Å². The summed E-state index contributed by atoms with van der Waals surface area (Å²) in [6.07, 6.45) is -0.119. The van der Waals surface area contributed by atoms with E-state index < -0.39 is 28.1 Å². The lowest BCUT2D eigenvalue weighted by molar-refractivity contribution is -0.136. The van der Waals surface area contributed by atoms with Crippen molar-refractivity contribution in [1.29, 1.82) is 0 Å². The van der Waals surface area contributed by atoms with Gasteiger partial charge in [-0.2, -0.15) is 4.31 Å². The summed E-state index contributed by atoms with van der Waals surface area (Å²) in [6, 6.07) is 8.75. The highest BCUT2D eigenvalue weighted by Crippen LogP contribution is 2.28. The van der Waals surface area contributed by atoms with Gasteiger partial charge in [0, 0.05) is 25.2 Å². The van der Waals surface area contributed by atoms with Gasteiger partial charge in [0.05, 0.1) is 27.8 Å². The second kappa shape index (κ2) is 10.0. The maximum absolute atomic E-state index is 13.5. The number of benzene rings is 2. The quantitative estimate of drug-likeness (QED) is 0.635. The van der Waals surface area contributed by atoms with E-state index in [1.807, 2.05) is 0 Å². The van der Waals surface area contributed by atoms with Gasteiger partial charge in [0.15, 0.2) is 0 Å². The molecule has 1 saturated heterocycles. The van der Waals surface area contributed by atoms with Crippen LogP contribution < -0.4 is 0 Å². The topological polar surface area (TPSA) is 95.0 Å². The van der Waals surface area contributed by atoms with Crippen LogP contribution in [0.15, 0.2) is 41.3 Å². The molecule has 1 aliphatic rings. The van der Waals surface area contributed by atoms with E-state index in [9.17, 15) is 18.0 Å². The van der Waals surface area contributed by atoms with Crippen LogP contribution in [0.1, 0.15) is 30.5 Å². The van der Waals surface area contributed by atoms with E-state index in [0.717, 1.165) is 5.56 Å². The van der Waals surface area contributed by atoms with Crippen LogP contribution >= 0.6 is 23.2 Å². The zero-order valence-electron chi connectivity index (χ0n) is 18.6. The number of hydrogen-bond donors (Lipinski definition) is 1. The van der Waals surface area contributed by atoms with Crippen molar-refractivity contribution in [2.45, 2.75) is 50.6 Å². The Bertz CT molecular complexity index is 1170. The molecule has 1 N–H and O–H groups in total. The van der Waals surface area contributed by atoms with Crippen molar-refractivity contribution in [3.8, 4) is 0 Å². The number of aliphatic carboxylic acids is 1. The lowest BCUT2D eigenvalue weighted by Crippen LogP contribution is -2.59. The van der Waals surface area contributed by atoms with Crippen molar-refractivity contribution in [1.82, 2.24) is 9.21 Å². The van der Waals surface area contributed by atoms with Gasteiger partial charge in [-0.1, -0.05) is 35.3 Å². The van der Waals surface area contributed by atoms with Gasteiger partial charge >= 0.3 is 5.97 Å². The molecule has 0 radical (unpaired) electrons. The number of carbonyl (C=O) groups is 2. The minimum atomic E-state index is -3.89. The number of nitrogens with zero attached hydrogens (tertiary/aromatic N) is 2. The molecular formula is C23H26Cl2N2O5S. The predicted molar refractivity (Wildman–Crippen MR) is 127 cm³/mol. The highest BCUT2D eigenvalue weighted by atomic mass is 35.5. The minimum absolute atomic E-state index is 0.0630. The van der Waals surface area contributed by atoms with Gasteiger partial charge in [-0.25, -0.2) is 8.42 Å². The van der Waals surface area contributed by atoms with Gasteiger partial charge < -0.3 is 10.0 Å². The van der Waals surface area contributed by atoms with E-state index in [1.54, 1.807) is 56.0 Å². The Morgan fingerprint density at radius 1 is 0.970 bits per heavy atom. The fourth-order valence-electron chi connectivity index (χ4n) is 4.29. The third kappa shape index (κ3) is 5.87.